The molecule has 22 heavy (non-hydrogen) atoms. The lowest BCUT2D eigenvalue weighted by Gasteiger charge is -2.22. The minimum absolute atomic E-state index is 0. The van der Waals surface area contributed by atoms with Crippen molar-refractivity contribution in [3.63, 3.8) is 0 Å². The first kappa shape index (κ1) is 18.5. The second kappa shape index (κ2) is 9.45. The van der Waals surface area contributed by atoms with Crippen LogP contribution in [-0.4, -0.2) is 41.1 Å². The van der Waals surface area contributed by atoms with Gasteiger partial charge >= 0.3 is 0 Å². The summed E-state index contributed by atoms with van der Waals surface area (Å²) in [7, 11) is 5.91. The van der Waals surface area contributed by atoms with Gasteiger partial charge in [-0.15, -0.1) is 24.0 Å². The summed E-state index contributed by atoms with van der Waals surface area (Å²) in [6.45, 7) is 1.65. The smallest absolute Gasteiger partial charge is 0.193 e. The third kappa shape index (κ3) is 5.32. The Morgan fingerprint density at radius 2 is 2.14 bits per heavy atom. The summed E-state index contributed by atoms with van der Waals surface area (Å²) in [6.07, 6.45) is 4.77. The second-order valence-corrected chi connectivity index (χ2v) is 5.01. The van der Waals surface area contributed by atoms with Crippen LogP contribution in [0.25, 0.3) is 0 Å². The van der Waals surface area contributed by atoms with Crippen molar-refractivity contribution in [1.82, 2.24) is 19.8 Å². The van der Waals surface area contributed by atoms with Crippen LogP contribution in [0.2, 0.25) is 0 Å². The normalized spacial score (nSPS) is 11.0. The van der Waals surface area contributed by atoms with Crippen molar-refractivity contribution in [3.05, 3.63) is 54.1 Å². The van der Waals surface area contributed by atoms with Gasteiger partial charge in [-0.25, -0.2) is 0 Å². The SMILES string of the molecule is CN=C(NCCc1ccccn1)N(C)Cc1cccn1C.I. The number of rotatable bonds is 5. The van der Waals surface area contributed by atoms with Crippen molar-refractivity contribution in [2.24, 2.45) is 12.0 Å². The number of nitrogens with zero attached hydrogens (tertiary/aromatic N) is 4. The van der Waals surface area contributed by atoms with Crippen LogP contribution in [0.1, 0.15) is 11.4 Å². The molecule has 0 aliphatic carbocycles. The van der Waals surface area contributed by atoms with Gasteiger partial charge in [0.05, 0.1) is 6.54 Å². The number of hydrogen-bond donors (Lipinski definition) is 1. The van der Waals surface area contributed by atoms with E-state index in [9.17, 15) is 0 Å². The minimum atomic E-state index is 0. The third-order valence-corrected chi connectivity index (χ3v) is 3.41. The van der Waals surface area contributed by atoms with Crippen molar-refractivity contribution in [3.8, 4) is 0 Å². The number of pyridine rings is 1. The molecular weight excluding hydrogens is 389 g/mol. The molecule has 2 rings (SSSR count). The van der Waals surface area contributed by atoms with Crippen molar-refractivity contribution in [2.75, 3.05) is 20.6 Å². The molecule has 0 amide bonds. The monoisotopic (exact) mass is 413 g/mol. The first-order valence-corrected chi connectivity index (χ1v) is 7.12. The van der Waals surface area contributed by atoms with Crippen LogP contribution in [0.15, 0.2) is 47.7 Å². The van der Waals surface area contributed by atoms with E-state index in [1.54, 1.807) is 0 Å². The fourth-order valence-electron chi connectivity index (χ4n) is 2.21. The van der Waals surface area contributed by atoms with E-state index in [-0.39, 0.29) is 24.0 Å². The fraction of sp³-hybridized carbons (Fsp3) is 0.375. The molecular formula is C16H24IN5. The lowest BCUT2D eigenvalue weighted by atomic mass is 10.3. The van der Waals surface area contributed by atoms with Crippen molar-refractivity contribution in [2.45, 2.75) is 13.0 Å². The summed E-state index contributed by atoms with van der Waals surface area (Å²) in [6, 6.07) is 10.2. The van der Waals surface area contributed by atoms with Crippen molar-refractivity contribution < 1.29 is 0 Å². The summed E-state index contributed by atoms with van der Waals surface area (Å²) >= 11 is 0. The molecule has 0 aromatic carbocycles. The number of aliphatic imine (C=N–C) groups is 1. The number of guanidine groups is 1. The summed E-state index contributed by atoms with van der Waals surface area (Å²) in [5.74, 6) is 0.895. The van der Waals surface area contributed by atoms with Gasteiger partial charge in [-0.2, -0.15) is 0 Å². The quantitative estimate of drug-likeness (QED) is 0.465. The number of hydrogen-bond acceptors (Lipinski definition) is 2. The van der Waals surface area contributed by atoms with Crippen molar-refractivity contribution in [1.29, 1.82) is 0 Å². The Balaban J connectivity index is 0.00000242. The zero-order valence-corrected chi connectivity index (χ0v) is 15.7. The first-order valence-electron chi connectivity index (χ1n) is 7.12. The molecule has 0 fully saturated rings. The van der Waals surface area contributed by atoms with E-state index >= 15 is 0 Å². The highest BCUT2D eigenvalue weighted by atomic mass is 127. The lowest BCUT2D eigenvalue weighted by Crippen LogP contribution is -2.39. The molecule has 2 aromatic heterocycles. The third-order valence-electron chi connectivity index (χ3n) is 3.41. The average Bonchev–Trinajstić information content (AvgIpc) is 2.90. The van der Waals surface area contributed by atoms with Gasteiger partial charge in [0.2, 0.25) is 0 Å². The van der Waals surface area contributed by atoms with Crippen molar-refractivity contribution >= 4 is 29.9 Å². The van der Waals surface area contributed by atoms with Crippen LogP contribution < -0.4 is 5.32 Å². The van der Waals surface area contributed by atoms with Crippen LogP contribution in [0.3, 0.4) is 0 Å². The predicted molar refractivity (Wildman–Crippen MR) is 102 cm³/mol. The molecule has 0 bridgehead atoms. The molecule has 2 heterocycles. The van der Waals surface area contributed by atoms with Crippen LogP contribution in [0.5, 0.6) is 0 Å². The molecule has 0 aliphatic rings. The molecule has 0 atom stereocenters. The lowest BCUT2D eigenvalue weighted by molar-refractivity contribution is 0.462. The van der Waals surface area contributed by atoms with E-state index in [4.69, 9.17) is 0 Å². The highest BCUT2D eigenvalue weighted by Gasteiger charge is 2.07. The van der Waals surface area contributed by atoms with Crippen LogP contribution in [0.4, 0.5) is 0 Å². The average molecular weight is 413 g/mol. The molecule has 0 unspecified atom stereocenters. The Hall–Kier alpha value is -1.57. The standard InChI is InChI=1S/C16H23N5.HI/c1-17-16(19-11-9-14-7-4-5-10-18-14)21(3)13-15-8-6-12-20(15)2;/h4-8,10,12H,9,11,13H2,1-3H3,(H,17,19);1H. The molecule has 0 aliphatic heterocycles. The molecule has 6 heteroatoms. The predicted octanol–water partition coefficient (Wildman–Crippen LogP) is 2.29. The number of halogens is 1. The van der Waals surface area contributed by atoms with E-state index in [1.807, 2.05) is 38.5 Å². The zero-order valence-electron chi connectivity index (χ0n) is 13.4. The molecule has 0 saturated heterocycles. The Morgan fingerprint density at radius 1 is 1.32 bits per heavy atom. The number of aromatic nitrogens is 2. The van der Waals surface area contributed by atoms with E-state index in [1.165, 1.54) is 5.69 Å². The van der Waals surface area contributed by atoms with Gasteiger partial charge in [-0.05, 0) is 24.3 Å². The largest absolute Gasteiger partial charge is 0.356 e. The first-order chi connectivity index (χ1) is 10.2. The van der Waals surface area contributed by atoms with Gasteiger partial charge in [0.1, 0.15) is 0 Å². The highest BCUT2D eigenvalue weighted by Crippen LogP contribution is 2.03. The number of aryl methyl sites for hydroxylation is 1. The van der Waals surface area contributed by atoms with Crippen LogP contribution in [0, 0.1) is 0 Å². The van der Waals surface area contributed by atoms with Crippen LogP contribution >= 0.6 is 24.0 Å². The highest BCUT2D eigenvalue weighted by molar-refractivity contribution is 14.0. The Morgan fingerprint density at radius 3 is 2.73 bits per heavy atom. The maximum Gasteiger partial charge on any atom is 0.193 e. The van der Waals surface area contributed by atoms with Gasteiger partial charge in [0, 0.05) is 57.9 Å². The van der Waals surface area contributed by atoms with Gasteiger partial charge in [-0.3, -0.25) is 9.98 Å². The van der Waals surface area contributed by atoms with E-state index in [0.717, 1.165) is 31.2 Å². The molecule has 0 spiro atoms. The second-order valence-electron chi connectivity index (χ2n) is 5.01. The zero-order chi connectivity index (χ0) is 15.1. The Kier molecular flexibility index (Phi) is 7.94. The minimum Gasteiger partial charge on any atom is -0.356 e. The van der Waals surface area contributed by atoms with Crippen LogP contribution in [-0.2, 0) is 20.0 Å². The fourth-order valence-corrected chi connectivity index (χ4v) is 2.21. The molecule has 120 valence electrons. The molecule has 1 N–H and O–H groups in total. The van der Waals surface area contributed by atoms with Gasteiger partial charge in [-0.1, -0.05) is 6.07 Å². The van der Waals surface area contributed by atoms with Gasteiger partial charge in [0.25, 0.3) is 0 Å². The Bertz CT molecular complexity index is 579. The van der Waals surface area contributed by atoms with Gasteiger partial charge in [0.15, 0.2) is 5.96 Å². The Labute approximate surface area is 149 Å². The summed E-state index contributed by atoms with van der Waals surface area (Å²) in [5.41, 5.74) is 2.34. The van der Waals surface area contributed by atoms with E-state index in [2.05, 4.69) is 50.1 Å². The summed E-state index contributed by atoms with van der Waals surface area (Å²) in [5, 5.41) is 3.38. The van der Waals surface area contributed by atoms with E-state index in [0.29, 0.717) is 0 Å². The molecule has 5 nitrogen and oxygen atoms in total. The molecule has 0 saturated carbocycles. The molecule has 2 aromatic rings. The summed E-state index contributed by atoms with van der Waals surface area (Å²) < 4.78 is 2.12. The maximum absolute atomic E-state index is 4.33. The number of nitrogens with one attached hydrogen (secondary N) is 1. The summed E-state index contributed by atoms with van der Waals surface area (Å²) in [4.78, 5) is 10.8. The maximum atomic E-state index is 4.33. The topological polar surface area (TPSA) is 45.5 Å². The molecule has 0 radical (unpaired) electrons. The van der Waals surface area contributed by atoms with Gasteiger partial charge < -0.3 is 14.8 Å². The van der Waals surface area contributed by atoms with E-state index < -0.39 is 0 Å².